The Balaban J connectivity index is 1.75. The van der Waals surface area contributed by atoms with Gasteiger partial charge in [-0.15, -0.1) is 0 Å². The Morgan fingerprint density at radius 2 is 1.77 bits per heavy atom. The van der Waals surface area contributed by atoms with Gasteiger partial charge in [0.25, 0.3) is 5.91 Å². The fourth-order valence-corrected chi connectivity index (χ4v) is 3.52. The first-order chi connectivity index (χ1) is 14.7. The molecular formula is C25H23N3O2. The van der Waals surface area contributed by atoms with E-state index in [0.29, 0.717) is 12.1 Å². The molecule has 0 bridgehead atoms. The van der Waals surface area contributed by atoms with Crippen LogP contribution in [0.25, 0.3) is 16.9 Å². The van der Waals surface area contributed by atoms with Gasteiger partial charge in [-0.05, 0) is 55.0 Å². The summed E-state index contributed by atoms with van der Waals surface area (Å²) in [5.41, 5.74) is 5.45. The van der Waals surface area contributed by atoms with Crippen LogP contribution in [0.1, 0.15) is 21.6 Å². The topological polar surface area (TPSA) is 56.1 Å². The van der Waals surface area contributed by atoms with Crippen LogP contribution in [0.2, 0.25) is 0 Å². The minimum Gasteiger partial charge on any atom is -0.497 e. The van der Waals surface area contributed by atoms with Gasteiger partial charge in [0.1, 0.15) is 5.75 Å². The first-order valence-corrected chi connectivity index (χ1v) is 9.76. The van der Waals surface area contributed by atoms with Crippen molar-refractivity contribution in [2.75, 3.05) is 7.11 Å². The van der Waals surface area contributed by atoms with E-state index in [1.807, 2.05) is 79.7 Å². The molecule has 0 aliphatic rings. The molecule has 2 aromatic carbocycles. The van der Waals surface area contributed by atoms with Crippen LogP contribution in [0.4, 0.5) is 0 Å². The highest BCUT2D eigenvalue weighted by Crippen LogP contribution is 2.31. The van der Waals surface area contributed by atoms with Crippen molar-refractivity contribution in [1.29, 1.82) is 0 Å². The molecule has 0 saturated heterocycles. The van der Waals surface area contributed by atoms with Gasteiger partial charge < -0.3 is 14.6 Å². The van der Waals surface area contributed by atoms with Gasteiger partial charge in [-0.3, -0.25) is 9.78 Å². The summed E-state index contributed by atoms with van der Waals surface area (Å²) in [6, 6.07) is 23.6. The maximum absolute atomic E-state index is 13.0. The maximum atomic E-state index is 13.0. The molecule has 30 heavy (non-hydrogen) atoms. The van der Waals surface area contributed by atoms with Crippen LogP contribution >= 0.6 is 0 Å². The Morgan fingerprint density at radius 3 is 2.50 bits per heavy atom. The number of nitrogens with one attached hydrogen (secondary N) is 1. The number of aromatic nitrogens is 2. The Labute approximate surface area is 176 Å². The van der Waals surface area contributed by atoms with Crippen LogP contribution in [0.3, 0.4) is 0 Å². The van der Waals surface area contributed by atoms with Crippen LogP contribution in [0.5, 0.6) is 5.75 Å². The number of hydrogen-bond acceptors (Lipinski definition) is 3. The molecule has 4 rings (SSSR count). The zero-order chi connectivity index (χ0) is 20.9. The zero-order valence-corrected chi connectivity index (χ0v) is 17.0. The first kappa shape index (κ1) is 19.5. The number of nitrogens with zero attached hydrogens (tertiary/aromatic N) is 2. The molecule has 2 aromatic heterocycles. The van der Waals surface area contributed by atoms with E-state index < -0.39 is 0 Å². The smallest absolute Gasteiger partial charge is 0.253 e. The summed E-state index contributed by atoms with van der Waals surface area (Å²) in [6.45, 7) is 2.42. The molecule has 4 aromatic rings. The van der Waals surface area contributed by atoms with Crippen LogP contribution < -0.4 is 10.1 Å². The quantitative estimate of drug-likeness (QED) is 0.509. The SMILES string of the molecule is COc1cccc(-c2cc(C(=O)NCc3ccncc3)c(C)n2-c2ccccc2)c1. The number of methoxy groups -OCH3 is 1. The standard InChI is InChI=1S/C25H23N3O2/c1-18-23(25(29)27-17-19-11-13-26-14-12-19)16-24(20-7-6-10-22(15-20)30-2)28(18)21-8-4-3-5-9-21/h3-16H,17H2,1-2H3,(H,27,29). The van der Waals surface area contributed by atoms with Crippen molar-refractivity contribution >= 4 is 5.91 Å². The van der Waals surface area contributed by atoms with Crippen LogP contribution in [0.15, 0.2) is 85.2 Å². The Morgan fingerprint density at radius 1 is 1.00 bits per heavy atom. The molecule has 0 aliphatic heterocycles. The normalized spacial score (nSPS) is 10.6. The Kier molecular flexibility index (Phi) is 5.61. The van der Waals surface area contributed by atoms with E-state index >= 15 is 0 Å². The molecule has 0 radical (unpaired) electrons. The minimum absolute atomic E-state index is 0.108. The van der Waals surface area contributed by atoms with Gasteiger partial charge in [-0.25, -0.2) is 0 Å². The van der Waals surface area contributed by atoms with Gasteiger partial charge >= 0.3 is 0 Å². The molecule has 1 N–H and O–H groups in total. The van der Waals surface area contributed by atoms with Crippen molar-refractivity contribution in [2.24, 2.45) is 0 Å². The van der Waals surface area contributed by atoms with Crippen LogP contribution in [0, 0.1) is 6.92 Å². The fourth-order valence-electron chi connectivity index (χ4n) is 3.52. The summed E-state index contributed by atoms with van der Waals surface area (Å²) in [6.07, 6.45) is 3.44. The van der Waals surface area contributed by atoms with Gasteiger partial charge in [-0.2, -0.15) is 0 Å². The fraction of sp³-hybridized carbons (Fsp3) is 0.120. The van der Waals surface area contributed by atoms with E-state index in [9.17, 15) is 4.79 Å². The number of ether oxygens (including phenoxy) is 1. The second-order valence-electron chi connectivity index (χ2n) is 6.97. The van der Waals surface area contributed by atoms with Gasteiger partial charge in [0, 0.05) is 35.9 Å². The van der Waals surface area contributed by atoms with E-state index in [4.69, 9.17) is 4.74 Å². The van der Waals surface area contributed by atoms with E-state index in [1.54, 1.807) is 19.5 Å². The van der Waals surface area contributed by atoms with Crippen LogP contribution in [-0.2, 0) is 6.54 Å². The predicted molar refractivity (Wildman–Crippen MR) is 118 cm³/mol. The van der Waals surface area contributed by atoms with Gasteiger partial charge in [0.2, 0.25) is 0 Å². The number of benzene rings is 2. The lowest BCUT2D eigenvalue weighted by atomic mass is 10.1. The number of amides is 1. The van der Waals surface area contributed by atoms with Crippen molar-refractivity contribution in [3.8, 4) is 22.7 Å². The highest BCUT2D eigenvalue weighted by Gasteiger charge is 2.19. The largest absolute Gasteiger partial charge is 0.497 e. The maximum Gasteiger partial charge on any atom is 0.253 e. The van der Waals surface area contributed by atoms with E-state index in [2.05, 4.69) is 14.9 Å². The van der Waals surface area contributed by atoms with E-state index in [1.165, 1.54) is 0 Å². The molecule has 0 unspecified atom stereocenters. The summed E-state index contributed by atoms with van der Waals surface area (Å²) in [7, 11) is 1.65. The predicted octanol–water partition coefficient (Wildman–Crippen LogP) is 4.79. The average molecular weight is 397 g/mol. The Hall–Kier alpha value is -3.86. The number of hydrogen-bond donors (Lipinski definition) is 1. The molecule has 0 atom stereocenters. The van der Waals surface area contributed by atoms with Crippen molar-refractivity contribution in [2.45, 2.75) is 13.5 Å². The minimum atomic E-state index is -0.108. The lowest BCUT2D eigenvalue weighted by Crippen LogP contribution is -2.23. The summed E-state index contributed by atoms with van der Waals surface area (Å²) in [5, 5.41) is 3.02. The van der Waals surface area contributed by atoms with Crippen LogP contribution in [-0.4, -0.2) is 22.6 Å². The van der Waals surface area contributed by atoms with Crippen molar-refractivity contribution in [3.63, 3.8) is 0 Å². The zero-order valence-electron chi connectivity index (χ0n) is 17.0. The second-order valence-corrected chi connectivity index (χ2v) is 6.97. The molecule has 5 nitrogen and oxygen atoms in total. The van der Waals surface area contributed by atoms with E-state index in [0.717, 1.165) is 34.0 Å². The molecule has 0 aliphatic carbocycles. The lowest BCUT2D eigenvalue weighted by Gasteiger charge is -2.13. The average Bonchev–Trinajstić information content (AvgIpc) is 3.16. The third-order valence-corrected chi connectivity index (χ3v) is 5.07. The molecule has 0 spiro atoms. The third kappa shape index (κ3) is 3.96. The van der Waals surface area contributed by atoms with Gasteiger partial charge in [0.15, 0.2) is 0 Å². The second kappa shape index (κ2) is 8.66. The van der Waals surface area contributed by atoms with Gasteiger partial charge in [0.05, 0.1) is 18.4 Å². The number of pyridine rings is 1. The molecule has 150 valence electrons. The summed E-state index contributed by atoms with van der Waals surface area (Å²) in [4.78, 5) is 17.0. The number of carbonyl (C=O) groups excluding carboxylic acids is 1. The summed E-state index contributed by atoms with van der Waals surface area (Å²) in [5.74, 6) is 0.665. The molecule has 0 fully saturated rings. The molecule has 0 saturated carbocycles. The van der Waals surface area contributed by atoms with Crippen molar-refractivity contribution < 1.29 is 9.53 Å². The molecular weight excluding hydrogens is 374 g/mol. The first-order valence-electron chi connectivity index (χ1n) is 9.76. The number of para-hydroxylation sites is 1. The van der Waals surface area contributed by atoms with Crippen molar-refractivity contribution in [1.82, 2.24) is 14.9 Å². The highest BCUT2D eigenvalue weighted by atomic mass is 16.5. The highest BCUT2D eigenvalue weighted by molar-refractivity contribution is 5.97. The lowest BCUT2D eigenvalue weighted by molar-refractivity contribution is 0.0950. The summed E-state index contributed by atoms with van der Waals surface area (Å²) < 4.78 is 7.51. The number of rotatable bonds is 6. The van der Waals surface area contributed by atoms with Crippen molar-refractivity contribution in [3.05, 3.63) is 102 Å². The van der Waals surface area contributed by atoms with E-state index in [-0.39, 0.29) is 5.91 Å². The molecule has 1 amide bonds. The Bertz CT molecular complexity index is 1150. The van der Waals surface area contributed by atoms with Gasteiger partial charge in [-0.1, -0.05) is 30.3 Å². The molecule has 2 heterocycles. The summed E-state index contributed by atoms with van der Waals surface area (Å²) >= 11 is 0. The number of carbonyl (C=O) groups is 1. The molecule has 5 heteroatoms. The third-order valence-electron chi connectivity index (χ3n) is 5.07. The monoisotopic (exact) mass is 397 g/mol.